The number of Topliss-reactive ketones (excluding diaryl/α,β-unsaturated/α-hetero) is 1. The number of primary amides is 1. The standard InChI is InChI=1S/C11H18N2O4/c1-7(14)4-5-8(10(12)15)13-11(16)9-3-2-6-17-9/h8-9H,2-6H2,1H3,(H2,12,15)(H,13,16)/t8-,9-/m0/s1. The molecule has 2 atom stereocenters. The van der Waals surface area contributed by atoms with Crippen molar-refractivity contribution in [1.82, 2.24) is 5.32 Å². The van der Waals surface area contributed by atoms with Crippen LogP contribution in [-0.4, -0.2) is 36.4 Å². The number of nitrogens with one attached hydrogen (secondary N) is 1. The summed E-state index contributed by atoms with van der Waals surface area (Å²) in [7, 11) is 0. The first-order valence-corrected chi connectivity index (χ1v) is 5.71. The van der Waals surface area contributed by atoms with E-state index in [1.165, 1.54) is 6.92 Å². The second-order valence-electron chi connectivity index (χ2n) is 4.21. The average Bonchev–Trinajstić information content (AvgIpc) is 2.76. The van der Waals surface area contributed by atoms with Crippen LogP contribution in [0.2, 0.25) is 0 Å². The SMILES string of the molecule is CC(=O)CC[C@H](NC(=O)[C@@H]1CCCO1)C(N)=O. The number of carbonyl (C=O) groups is 3. The smallest absolute Gasteiger partial charge is 0.249 e. The van der Waals surface area contributed by atoms with Gasteiger partial charge in [0.15, 0.2) is 0 Å². The highest BCUT2D eigenvalue weighted by atomic mass is 16.5. The Bertz CT molecular complexity index is 311. The van der Waals surface area contributed by atoms with Crippen molar-refractivity contribution < 1.29 is 19.1 Å². The first kappa shape index (κ1) is 13.6. The van der Waals surface area contributed by atoms with Crippen molar-refractivity contribution in [3.8, 4) is 0 Å². The van der Waals surface area contributed by atoms with Crippen LogP contribution in [0.15, 0.2) is 0 Å². The number of ether oxygens (including phenoxy) is 1. The molecule has 0 aliphatic carbocycles. The van der Waals surface area contributed by atoms with Gasteiger partial charge in [-0.15, -0.1) is 0 Å². The molecule has 1 rings (SSSR count). The zero-order valence-corrected chi connectivity index (χ0v) is 9.90. The van der Waals surface area contributed by atoms with Crippen LogP contribution < -0.4 is 11.1 Å². The molecule has 0 bridgehead atoms. The van der Waals surface area contributed by atoms with Gasteiger partial charge < -0.3 is 20.6 Å². The summed E-state index contributed by atoms with van der Waals surface area (Å²) in [4.78, 5) is 33.6. The van der Waals surface area contributed by atoms with Crippen molar-refractivity contribution in [2.24, 2.45) is 5.73 Å². The fraction of sp³-hybridized carbons (Fsp3) is 0.727. The molecule has 0 unspecified atom stereocenters. The number of nitrogens with two attached hydrogens (primary N) is 1. The highest BCUT2D eigenvalue weighted by molar-refractivity contribution is 5.89. The molecule has 0 aromatic carbocycles. The van der Waals surface area contributed by atoms with Crippen molar-refractivity contribution in [2.45, 2.75) is 44.8 Å². The van der Waals surface area contributed by atoms with Crippen molar-refractivity contribution in [3.05, 3.63) is 0 Å². The molecule has 3 N–H and O–H groups in total. The van der Waals surface area contributed by atoms with Crippen LogP contribution >= 0.6 is 0 Å². The first-order valence-electron chi connectivity index (χ1n) is 5.71. The maximum absolute atomic E-state index is 11.7. The van der Waals surface area contributed by atoms with E-state index in [4.69, 9.17) is 10.5 Å². The van der Waals surface area contributed by atoms with Gasteiger partial charge in [-0.05, 0) is 26.2 Å². The van der Waals surface area contributed by atoms with Gasteiger partial charge in [0.25, 0.3) is 0 Å². The van der Waals surface area contributed by atoms with Gasteiger partial charge >= 0.3 is 0 Å². The third-order valence-corrected chi connectivity index (χ3v) is 2.67. The quantitative estimate of drug-likeness (QED) is 0.656. The molecule has 0 saturated carbocycles. The van der Waals surface area contributed by atoms with E-state index in [2.05, 4.69) is 5.32 Å². The third kappa shape index (κ3) is 4.52. The van der Waals surface area contributed by atoms with Crippen LogP contribution in [0.25, 0.3) is 0 Å². The lowest BCUT2D eigenvalue weighted by Gasteiger charge is -2.17. The van der Waals surface area contributed by atoms with Gasteiger partial charge in [-0.25, -0.2) is 0 Å². The van der Waals surface area contributed by atoms with Gasteiger partial charge in [-0.2, -0.15) is 0 Å². The van der Waals surface area contributed by atoms with Crippen LogP contribution in [0.1, 0.15) is 32.6 Å². The van der Waals surface area contributed by atoms with Crippen LogP contribution in [0.5, 0.6) is 0 Å². The van der Waals surface area contributed by atoms with E-state index >= 15 is 0 Å². The van der Waals surface area contributed by atoms with Gasteiger partial charge in [0.05, 0.1) is 0 Å². The Kier molecular flexibility index (Phi) is 5.09. The minimum Gasteiger partial charge on any atom is -0.368 e. The van der Waals surface area contributed by atoms with Gasteiger partial charge in [0.2, 0.25) is 11.8 Å². The monoisotopic (exact) mass is 242 g/mol. The Morgan fingerprint density at radius 2 is 2.18 bits per heavy atom. The number of amides is 2. The maximum atomic E-state index is 11.7. The summed E-state index contributed by atoms with van der Waals surface area (Å²) in [5, 5.41) is 2.52. The summed E-state index contributed by atoms with van der Waals surface area (Å²) in [5.74, 6) is -0.991. The highest BCUT2D eigenvalue weighted by Crippen LogP contribution is 2.12. The van der Waals surface area contributed by atoms with Crippen molar-refractivity contribution in [3.63, 3.8) is 0 Å². The zero-order chi connectivity index (χ0) is 12.8. The Labute approximate surface area is 99.9 Å². The predicted molar refractivity (Wildman–Crippen MR) is 60.0 cm³/mol. The van der Waals surface area contributed by atoms with Gasteiger partial charge in [-0.3, -0.25) is 9.59 Å². The summed E-state index contributed by atoms with van der Waals surface area (Å²) >= 11 is 0. The molecule has 1 fully saturated rings. The average molecular weight is 242 g/mol. The van der Waals surface area contributed by atoms with Crippen LogP contribution in [0.4, 0.5) is 0 Å². The fourth-order valence-electron chi connectivity index (χ4n) is 1.68. The number of ketones is 1. The zero-order valence-electron chi connectivity index (χ0n) is 9.90. The molecule has 1 saturated heterocycles. The normalized spacial score (nSPS) is 20.9. The molecule has 17 heavy (non-hydrogen) atoms. The number of carbonyl (C=O) groups excluding carboxylic acids is 3. The van der Waals surface area contributed by atoms with Crippen molar-refractivity contribution in [2.75, 3.05) is 6.61 Å². The second-order valence-corrected chi connectivity index (χ2v) is 4.21. The minimum atomic E-state index is -0.796. The van der Waals surface area contributed by atoms with Gasteiger partial charge in [0.1, 0.15) is 17.9 Å². The minimum absolute atomic E-state index is 0.0392. The van der Waals surface area contributed by atoms with E-state index in [-0.39, 0.29) is 24.5 Å². The molecule has 1 aliphatic heterocycles. The van der Waals surface area contributed by atoms with Gasteiger partial charge in [0, 0.05) is 13.0 Å². The van der Waals surface area contributed by atoms with Crippen molar-refractivity contribution in [1.29, 1.82) is 0 Å². The Morgan fingerprint density at radius 1 is 1.47 bits per heavy atom. The molecule has 0 aromatic rings. The Hall–Kier alpha value is -1.43. The van der Waals surface area contributed by atoms with Crippen LogP contribution in [0, 0.1) is 0 Å². The third-order valence-electron chi connectivity index (χ3n) is 2.67. The molecule has 6 heteroatoms. The lowest BCUT2D eigenvalue weighted by atomic mass is 10.1. The van der Waals surface area contributed by atoms with Crippen molar-refractivity contribution >= 4 is 17.6 Å². The molecule has 6 nitrogen and oxygen atoms in total. The summed E-state index contributed by atoms with van der Waals surface area (Å²) in [5.41, 5.74) is 5.16. The van der Waals surface area contributed by atoms with E-state index < -0.39 is 18.1 Å². The molecular weight excluding hydrogens is 224 g/mol. The number of hydrogen-bond acceptors (Lipinski definition) is 4. The summed E-state index contributed by atoms with van der Waals surface area (Å²) < 4.78 is 5.19. The van der Waals surface area contributed by atoms with Crippen LogP contribution in [0.3, 0.4) is 0 Å². The molecule has 0 radical (unpaired) electrons. The van der Waals surface area contributed by atoms with Gasteiger partial charge in [-0.1, -0.05) is 0 Å². The fourth-order valence-corrected chi connectivity index (χ4v) is 1.68. The first-order chi connectivity index (χ1) is 8.00. The molecule has 96 valence electrons. The molecule has 0 aromatic heterocycles. The molecule has 0 spiro atoms. The topological polar surface area (TPSA) is 98.5 Å². The maximum Gasteiger partial charge on any atom is 0.249 e. The predicted octanol–water partition coefficient (Wildman–Crippen LogP) is -0.495. The molecular formula is C11H18N2O4. The largest absolute Gasteiger partial charge is 0.368 e. The summed E-state index contributed by atoms with van der Waals surface area (Å²) in [6.45, 7) is 1.99. The van der Waals surface area contributed by atoms with E-state index in [0.717, 1.165) is 6.42 Å². The Morgan fingerprint density at radius 3 is 2.65 bits per heavy atom. The number of rotatable bonds is 6. The lowest BCUT2D eigenvalue weighted by molar-refractivity contribution is -0.134. The second kappa shape index (κ2) is 6.34. The van der Waals surface area contributed by atoms with E-state index in [0.29, 0.717) is 13.0 Å². The summed E-state index contributed by atoms with van der Waals surface area (Å²) in [6, 6.07) is -0.796. The lowest BCUT2D eigenvalue weighted by Crippen LogP contribution is -2.48. The highest BCUT2D eigenvalue weighted by Gasteiger charge is 2.27. The number of hydrogen-bond donors (Lipinski definition) is 2. The van der Waals surface area contributed by atoms with E-state index in [1.54, 1.807) is 0 Å². The molecule has 1 heterocycles. The van der Waals surface area contributed by atoms with Crippen LogP contribution in [-0.2, 0) is 19.1 Å². The summed E-state index contributed by atoms with van der Waals surface area (Å²) in [6.07, 6.45) is 1.47. The van der Waals surface area contributed by atoms with E-state index in [1.807, 2.05) is 0 Å². The Balaban J connectivity index is 2.44. The molecule has 2 amide bonds. The molecule has 1 aliphatic rings. The van der Waals surface area contributed by atoms with E-state index in [9.17, 15) is 14.4 Å².